The quantitative estimate of drug-likeness (QED) is 0.870. The SMILES string of the molecule is CC(Nc1ccc(=O)n(C)c1)c1cccc(O)c1. The number of anilines is 1. The molecule has 1 atom stereocenters. The number of rotatable bonds is 3. The maximum absolute atomic E-state index is 11.3. The summed E-state index contributed by atoms with van der Waals surface area (Å²) < 4.78 is 1.53. The van der Waals surface area contributed by atoms with Gasteiger partial charge in [-0.2, -0.15) is 0 Å². The van der Waals surface area contributed by atoms with Crippen LogP contribution >= 0.6 is 0 Å². The second-order valence-corrected chi connectivity index (χ2v) is 4.33. The highest BCUT2D eigenvalue weighted by molar-refractivity contribution is 5.43. The van der Waals surface area contributed by atoms with Crippen molar-refractivity contribution in [2.24, 2.45) is 7.05 Å². The van der Waals surface area contributed by atoms with Crippen LogP contribution in [-0.2, 0) is 7.05 Å². The number of pyridine rings is 1. The summed E-state index contributed by atoms with van der Waals surface area (Å²) in [6.07, 6.45) is 1.75. The summed E-state index contributed by atoms with van der Waals surface area (Å²) in [7, 11) is 1.71. The molecule has 0 radical (unpaired) electrons. The first-order chi connectivity index (χ1) is 8.56. The maximum Gasteiger partial charge on any atom is 0.250 e. The highest BCUT2D eigenvalue weighted by Crippen LogP contribution is 2.21. The Balaban J connectivity index is 2.18. The van der Waals surface area contributed by atoms with Crippen molar-refractivity contribution in [3.05, 3.63) is 58.5 Å². The molecule has 0 amide bonds. The van der Waals surface area contributed by atoms with E-state index in [9.17, 15) is 9.90 Å². The molecule has 1 heterocycles. The van der Waals surface area contributed by atoms with Crippen LogP contribution in [-0.4, -0.2) is 9.67 Å². The molecule has 0 saturated heterocycles. The van der Waals surface area contributed by atoms with Gasteiger partial charge in [0, 0.05) is 25.4 Å². The number of hydrogen-bond donors (Lipinski definition) is 2. The predicted molar refractivity (Wildman–Crippen MR) is 71.8 cm³/mol. The molecule has 4 nitrogen and oxygen atoms in total. The summed E-state index contributed by atoms with van der Waals surface area (Å²) in [4.78, 5) is 11.3. The molecule has 1 aromatic carbocycles. The molecule has 1 unspecified atom stereocenters. The van der Waals surface area contributed by atoms with Gasteiger partial charge in [0.05, 0.1) is 5.69 Å². The monoisotopic (exact) mass is 244 g/mol. The molecule has 2 N–H and O–H groups in total. The summed E-state index contributed by atoms with van der Waals surface area (Å²) in [5, 5.41) is 12.7. The Morgan fingerprint density at radius 2 is 2.06 bits per heavy atom. The standard InChI is InChI=1S/C14H16N2O2/c1-10(11-4-3-5-13(17)8-11)15-12-6-7-14(18)16(2)9-12/h3-10,15,17H,1-2H3. The molecule has 4 heteroatoms. The minimum atomic E-state index is -0.0365. The van der Waals surface area contributed by atoms with Gasteiger partial charge < -0.3 is 15.0 Å². The number of aryl methyl sites for hydroxylation is 1. The van der Waals surface area contributed by atoms with Crippen molar-refractivity contribution < 1.29 is 5.11 Å². The fourth-order valence-electron chi connectivity index (χ4n) is 1.81. The molecule has 1 aromatic heterocycles. The summed E-state index contributed by atoms with van der Waals surface area (Å²) in [6, 6.07) is 10.4. The zero-order valence-electron chi connectivity index (χ0n) is 10.4. The lowest BCUT2D eigenvalue weighted by Crippen LogP contribution is -2.16. The van der Waals surface area contributed by atoms with E-state index in [2.05, 4.69) is 5.32 Å². The number of nitrogens with zero attached hydrogens (tertiary/aromatic N) is 1. The number of aromatic nitrogens is 1. The van der Waals surface area contributed by atoms with Gasteiger partial charge in [0.1, 0.15) is 5.75 Å². The van der Waals surface area contributed by atoms with Crippen molar-refractivity contribution in [3.8, 4) is 5.75 Å². The van der Waals surface area contributed by atoms with E-state index in [1.165, 1.54) is 10.6 Å². The van der Waals surface area contributed by atoms with Crippen LogP contribution in [0.1, 0.15) is 18.5 Å². The van der Waals surface area contributed by atoms with Gasteiger partial charge in [-0.05, 0) is 30.7 Å². The first-order valence-corrected chi connectivity index (χ1v) is 5.78. The number of nitrogens with one attached hydrogen (secondary N) is 1. The van der Waals surface area contributed by atoms with Gasteiger partial charge in [0.25, 0.3) is 0 Å². The molecule has 0 fully saturated rings. The average molecular weight is 244 g/mol. The van der Waals surface area contributed by atoms with Crippen molar-refractivity contribution in [2.75, 3.05) is 5.32 Å². The predicted octanol–water partition coefficient (Wildman–Crippen LogP) is 2.26. The van der Waals surface area contributed by atoms with Crippen LogP contribution in [0.15, 0.2) is 47.4 Å². The van der Waals surface area contributed by atoms with E-state index in [4.69, 9.17) is 0 Å². The first-order valence-electron chi connectivity index (χ1n) is 5.78. The van der Waals surface area contributed by atoms with Crippen LogP contribution in [0.3, 0.4) is 0 Å². The zero-order valence-corrected chi connectivity index (χ0v) is 10.4. The van der Waals surface area contributed by atoms with Crippen LogP contribution in [0.25, 0.3) is 0 Å². The fraction of sp³-hybridized carbons (Fsp3) is 0.214. The average Bonchev–Trinajstić information content (AvgIpc) is 2.34. The summed E-state index contributed by atoms with van der Waals surface area (Å²) in [6.45, 7) is 2.00. The summed E-state index contributed by atoms with van der Waals surface area (Å²) in [5.74, 6) is 0.251. The fourth-order valence-corrected chi connectivity index (χ4v) is 1.81. The van der Waals surface area contributed by atoms with Gasteiger partial charge >= 0.3 is 0 Å². The Morgan fingerprint density at radius 3 is 2.72 bits per heavy atom. The lowest BCUT2D eigenvalue weighted by Gasteiger charge is -2.16. The first kappa shape index (κ1) is 12.2. The Bertz CT molecular complexity index is 605. The zero-order chi connectivity index (χ0) is 13.1. The molecule has 94 valence electrons. The van der Waals surface area contributed by atoms with Crippen molar-refractivity contribution in [1.29, 1.82) is 0 Å². The molecule has 0 saturated carbocycles. The Kier molecular flexibility index (Phi) is 3.37. The van der Waals surface area contributed by atoms with Crippen LogP contribution in [0.4, 0.5) is 5.69 Å². The molecule has 0 aliphatic heterocycles. The topological polar surface area (TPSA) is 54.3 Å². The summed E-state index contributed by atoms with van der Waals surface area (Å²) >= 11 is 0. The Morgan fingerprint density at radius 1 is 1.28 bits per heavy atom. The van der Waals surface area contributed by atoms with E-state index >= 15 is 0 Å². The van der Waals surface area contributed by atoms with E-state index < -0.39 is 0 Å². The largest absolute Gasteiger partial charge is 0.508 e. The van der Waals surface area contributed by atoms with E-state index in [1.54, 1.807) is 31.4 Å². The van der Waals surface area contributed by atoms with Gasteiger partial charge in [-0.15, -0.1) is 0 Å². The summed E-state index contributed by atoms with van der Waals surface area (Å²) in [5.41, 5.74) is 1.82. The lowest BCUT2D eigenvalue weighted by atomic mass is 10.1. The van der Waals surface area contributed by atoms with Crippen LogP contribution in [0.5, 0.6) is 5.75 Å². The van der Waals surface area contributed by atoms with Crippen molar-refractivity contribution >= 4 is 5.69 Å². The van der Waals surface area contributed by atoms with Crippen LogP contribution in [0.2, 0.25) is 0 Å². The van der Waals surface area contributed by atoms with Gasteiger partial charge in [0.15, 0.2) is 0 Å². The normalized spacial score (nSPS) is 12.1. The van der Waals surface area contributed by atoms with Crippen LogP contribution in [0, 0.1) is 0 Å². The second kappa shape index (κ2) is 4.96. The smallest absolute Gasteiger partial charge is 0.250 e. The van der Waals surface area contributed by atoms with E-state index in [0.29, 0.717) is 0 Å². The van der Waals surface area contributed by atoms with Gasteiger partial charge in [-0.3, -0.25) is 4.79 Å². The molecule has 0 bridgehead atoms. The van der Waals surface area contributed by atoms with Crippen molar-refractivity contribution in [1.82, 2.24) is 4.57 Å². The molecule has 0 spiro atoms. The highest BCUT2D eigenvalue weighted by atomic mass is 16.3. The minimum absolute atomic E-state index is 0.0365. The molecule has 2 rings (SSSR count). The molecular weight excluding hydrogens is 228 g/mol. The third kappa shape index (κ3) is 2.71. The Hall–Kier alpha value is -2.23. The minimum Gasteiger partial charge on any atom is -0.508 e. The van der Waals surface area contributed by atoms with E-state index in [0.717, 1.165) is 11.3 Å². The molecular formula is C14H16N2O2. The van der Waals surface area contributed by atoms with Crippen molar-refractivity contribution in [2.45, 2.75) is 13.0 Å². The molecule has 0 aliphatic carbocycles. The number of hydrogen-bond acceptors (Lipinski definition) is 3. The maximum atomic E-state index is 11.3. The van der Waals surface area contributed by atoms with Gasteiger partial charge in [-0.25, -0.2) is 0 Å². The number of phenols is 1. The van der Waals surface area contributed by atoms with E-state index in [-0.39, 0.29) is 17.4 Å². The highest BCUT2D eigenvalue weighted by Gasteiger charge is 2.06. The van der Waals surface area contributed by atoms with E-state index in [1.807, 2.05) is 19.1 Å². The van der Waals surface area contributed by atoms with Crippen LogP contribution < -0.4 is 10.9 Å². The van der Waals surface area contributed by atoms with Crippen molar-refractivity contribution in [3.63, 3.8) is 0 Å². The molecule has 18 heavy (non-hydrogen) atoms. The molecule has 0 aliphatic rings. The third-order valence-corrected chi connectivity index (χ3v) is 2.84. The van der Waals surface area contributed by atoms with Gasteiger partial charge in [-0.1, -0.05) is 12.1 Å². The molecule has 2 aromatic rings. The number of phenolic OH excluding ortho intramolecular Hbond substituents is 1. The number of aromatic hydroxyl groups is 1. The Labute approximate surface area is 106 Å². The third-order valence-electron chi connectivity index (χ3n) is 2.84. The second-order valence-electron chi connectivity index (χ2n) is 4.33. The van der Waals surface area contributed by atoms with Gasteiger partial charge in [0.2, 0.25) is 5.56 Å². The lowest BCUT2D eigenvalue weighted by molar-refractivity contribution is 0.474. The number of benzene rings is 1.